The summed E-state index contributed by atoms with van der Waals surface area (Å²) < 4.78 is 0. The first-order valence-electron chi connectivity index (χ1n) is 7.08. The van der Waals surface area contributed by atoms with Crippen molar-refractivity contribution in [2.45, 2.75) is 32.7 Å². The second-order valence-electron chi connectivity index (χ2n) is 4.81. The molecule has 0 saturated heterocycles. The Kier molecular flexibility index (Phi) is 4.81. The Morgan fingerprint density at radius 1 is 1.14 bits per heavy atom. The van der Waals surface area contributed by atoms with Crippen LogP contribution in [0.1, 0.15) is 37.0 Å². The minimum absolute atomic E-state index is 0.106. The highest BCUT2D eigenvalue weighted by molar-refractivity contribution is 6.06. The van der Waals surface area contributed by atoms with Gasteiger partial charge in [0.25, 0.3) is 5.91 Å². The van der Waals surface area contributed by atoms with E-state index >= 15 is 0 Å². The van der Waals surface area contributed by atoms with Gasteiger partial charge in [-0.15, -0.1) is 0 Å². The monoisotopic (exact) mass is 288 g/mol. The average Bonchev–Trinajstić information content (AvgIpc) is 2.94. The molecule has 0 aliphatic heterocycles. The fourth-order valence-corrected chi connectivity index (χ4v) is 2.15. The molecule has 2 rings (SSSR count). The number of fused-ring (bicyclic) bond motifs is 1. The highest BCUT2D eigenvalue weighted by Gasteiger charge is 2.13. The molecule has 0 unspecified atom stereocenters. The molecule has 0 fully saturated rings. The van der Waals surface area contributed by atoms with Gasteiger partial charge in [0.2, 0.25) is 0 Å². The number of urea groups is 1. The number of carbonyl (C=O) groups is 2. The quantitative estimate of drug-likeness (QED) is 0.651. The van der Waals surface area contributed by atoms with Crippen LogP contribution in [-0.4, -0.2) is 23.0 Å². The number of benzene rings is 1. The Morgan fingerprint density at radius 2 is 1.86 bits per heavy atom. The number of nitrogens with one attached hydrogen (secondary N) is 4. The van der Waals surface area contributed by atoms with Gasteiger partial charge in [0.05, 0.1) is 5.56 Å². The van der Waals surface area contributed by atoms with E-state index < -0.39 is 6.03 Å². The van der Waals surface area contributed by atoms with E-state index in [0.717, 1.165) is 23.7 Å². The number of para-hydroxylation sites is 1. The number of rotatable bonds is 4. The van der Waals surface area contributed by atoms with E-state index in [1.807, 2.05) is 38.1 Å². The maximum Gasteiger partial charge on any atom is 0.333 e. The SMILES string of the molecule is CCC(CC)NC(=O)NNC(=O)c1c[nH]c2ccccc12. The smallest absolute Gasteiger partial charge is 0.333 e. The van der Waals surface area contributed by atoms with Crippen LogP contribution in [0.5, 0.6) is 0 Å². The number of carbonyl (C=O) groups excluding carboxylic acids is 2. The first kappa shape index (κ1) is 14.9. The van der Waals surface area contributed by atoms with E-state index in [2.05, 4.69) is 21.2 Å². The third-order valence-electron chi connectivity index (χ3n) is 3.44. The van der Waals surface area contributed by atoms with Gasteiger partial charge in [-0.05, 0) is 18.9 Å². The van der Waals surface area contributed by atoms with Crippen molar-refractivity contribution in [2.75, 3.05) is 0 Å². The van der Waals surface area contributed by atoms with Crippen LogP contribution in [0.15, 0.2) is 30.5 Å². The molecular weight excluding hydrogens is 268 g/mol. The van der Waals surface area contributed by atoms with Crippen molar-refractivity contribution < 1.29 is 9.59 Å². The zero-order chi connectivity index (χ0) is 15.2. The summed E-state index contributed by atoms with van der Waals surface area (Å²) in [6, 6.07) is 7.19. The van der Waals surface area contributed by atoms with Crippen molar-refractivity contribution in [3.05, 3.63) is 36.0 Å². The lowest BCUT2D eigenvalue weighted by Crippen LogP contribution is -2.49. The third-order valence-corrected chi connectivity index (χ3v) is 3.44. The maximum atomic E-state index is 12.1. The van der Waals surface area contributed by atoms with Crippen molar-refractivity contribution in [1.29, 1.82) is 0 Å². The Bertz CT molecular complexity index is 631. The van der Waals surface area contributed by atoms with Crippen molar-refractivity contribution in [1.82, 2.24) is 21.2 Å². The number of H-pyrrole nitrogens is 1. The maximum absolute atomic E-state index is 12.1. The molecule has 1 aromatic carbocycles. The lowest BCUT2D eigenvalue weighted by molar-refractivity contribution is 0.0937. The van der Waals surface area contributed by atoms with E-state index in [1.165, 1.54) is 0 Å². The van der Waals surface area contributed by atoms with E-state index in [4.69, 9.17) is 0 Å². The van der Waals surface area contributed by atoms with Crippen molar-refractivity contribution in [3.8, 4) is 0 Å². The van der Waals surface area contributed by atoms with Gasteiger partial charge in [0, 0.05) is 23.1 Å². The van der Waals surface area contributed by atoms with Gasteiger partial charge in [-0.3, -0.25) is 10.2 Å². The standard InChI is InChI=1S/C15H20N4O2/c1-3-10(4-2)17-15(21)19-18-14(20)12-9-16-13-8-6-5-7-11(12)13/h5-10,16H,3-4H2,1-2H3,(H,18,20)(H2,17,19,21). The van der Waals surface area contributed by atoms with Gasteiger partial charge in [0.15, 0.2) is 0 Å². The van der Waals surface area contributed by atoms with Crippen molar-refractivity contribution in [3.63, 3.8) is 0 Å². The summed E-state index contributed by atoms with van der Waals surface area (Å²) in [5, 5.41) is 3.60. The van der Waals surface area contributed by atoms with Crippen LogP contribution in [0.4, 0.5) is 4.79 Å². The summed E-state index contributed by atoms with van der Waals surface area (Å²) in [6.07, 6.45) is 3.32. The summed E-state index contributed by atoms with van der Waals surface area (Å²) in [5.74, 6) is -0.354. The summed E-state index contributed by atoms with van der Waals surface area (Å²) >= 11 is 0. The number of hydrogen-bond acceptors (Lipinski definition) is 2. The second-order valence-corrected chi connectivity index (χ2v) is 4.81. The van der Waals surface area contributed by atoms with Gasteiger partial charge in [-0.25, -0.2) is 10.2 Å². The van der Waals surface area contributed by atoms with Crippen LogP contribution in [0.3, 0.4) is 0 Å². The first-order chi connectivity index (χ1) is 10.2. The van der Waals surface area contributed by atoms with Gasteiger partial charge in [-0.1, -0.05) is 32.0 Å². The van der Waals surface area contributed by atoms with Gasteiger partial charge >= 0.3 is 6.03 Å². The van der Waals surface area contributed by atoms with E-state index in [1.54, 1.807) is 6.20 Å². The summed E-state index contributed by atoms with van der Waals surface area (Å²) in [7, 11) is 0. The molecule has 0 saturated carbocycles. The molecule has 0 aliphatic carbocycles. The molecule has 0 atom stereocenters. The van der Waals surface area contributed by atoms with Crippen LogP contribution in [0.2, 0.25) is 0 Å². The molecule has 4 N–H and O–H groups in total. The minimum atomic E-state index is -0.406. The zero-order valence-electron chi connectivity index (χ0n) is 12.2. The molecule has 112 valence electrons. The highest BCUT2D eigenvalue weighted by atomic mass is 16.2. The number of aromatic amines is 1. The van der Waals surface area contributed by atoms with E-state index in [0.29, 0.717) is 5.56 Å². The van der Waals surface area contributed by atoms with Crippen LogP contribution >= 0.6 is 0 Å². The molecular formula is C15H20N4O2. The fourth-order valence-electron chi connectivity index (χ4n) is 2.15. The van der Waals surface area contributed by atoms with Gasteiger partial charge in [-0.2, -0.15) is 0 Å². The Hall–Kier alpha value is -2.50. The third kappa shape index (κ3) is 3.53. The molecule has 0 bridgehead atoms. The predicted octanol–water partition coefficient (Wildman–Crippen LogP) is 2.30. The lowest BCUT2D eigenvalue weighted by atomic mass is 10.2. The molecule has 0 spiro atoms. The van der Waals surface area contributed by atoms with Crippen molar-refractivity contribution in [2.24, 2.45) is 0 Å². The van der Waals surface area contributed by atoms with E-state index in [9.17, 15) is 9.59 Å². The molecule has 1 heterocycles. The molecule has 6 nitrogen and oxygen atoms in total. The molecule has 2 aromatic rings. The van der Waals surface area contributed by atoms with E-state index in [-0.39, 0.29) is 11.9 Å². The highest BCUT2D eigenvalue weighted by Crippen LogP contribution is 2.16. The Morgan fingerprint density at radius 3 is 2.57 bits per heavy atom. The number of hydrogen-bond donors (Lipinski definition) is 4. The average molecular weight is 288 g/mol. The largest absolute Gasteiger partial charge is 0.360 e. The van der Waals surface area contributed by atoms with Gasteiger partial charge < -0.3 is 10.3 Å². The molecule has 3 amide bonds. The van der Waals surface area contributed by atoms with Crippen LogP contribution in [0.25, 0.3) is 10.9 Å². The second kappa shape index (κ2) is 6.78. The molecule has 0 aliphatic rings. The number of hydrazine groups is 1. The van der Waals surface area contributed by atoms with Crippen LogP contribution in [0, 0.1) is 0 Å². The van der Waals surface area contributed by atoms with Crippen molar-refractivity contribution >= 4 is 22.8 Å². The Balaban J connectivity index is 1.94. The fraction of sp³-hybridized carbons (Fsp3) is 0.333. The van der Waals surface area contributed by atoms with Crippen LogP contribution in [-0.2, 0) is 0 Å². The molecule has 21 heavy (non-hydrogen) atoms. The zero-order valence-corrected chi connectivity index (χ0v) is 12.2. The molecule has 0 radical (unpaired) electrons. The minimum Gasteiger partial charge on any atom is -0.360 e. The van der Waals surface area contributed by atoms with Gasteiger partial charge in [0.1, 0.15) is 0 Å². The normalized spacial score (nSPS) is 10.6. The number of aromatic nitrogens is 1. The lowest BCUT2D eigenvalue weighted by Gasteiger charge is -2.15. The summed E-state index contributed by atoms with van der Waals surface area (Å²) in [5.41, 5.74) is 6.15. The summed E-state index contributed by atoms with van der Waals surface area (Å²) in [4.78, 5) is 26.8. The predicted molar refractivity (Wildman–Crippen MR) is 81.8 cm³/mol. The topological polar surface area (TPSA) is 86.0 Å². The first-order valence-corrected chi connectivity index (χ1v) is 7.08. The van der Waals surface area contributed by atoms with Crippen LogP contribution < -0.4 is 16.2 Å². The Labute approximate surface area is 123 Å². The number of amides is 3. The summed E-state index contributed by atoms with van der Waals surface area (Å²) in [6.45, 7) is 4.00. The molecule has 6 heteroatoms. The molecule has 1 aromatic heterocycles.